The third-order valence-electron chi connectivity index (χ3n) is 3.37. The first-order chi connectivity index (χ1) is 8.72. The van der Waals surface area contributed by atoms with Crippen LogP contribution in [0, 0.1) is 0 Å². The first-order valence-corrected chi connectivity index (χ1v) is 8.74. The number of hydrogen-bond donors (Lipinski definition) is 1. The van der Waals surface area contributed by atoms with Crippen molar-refractivity contribution in [2.24, 2.45) is 0 Å². The highest BCUT2D eigenvalue weighted by atomic mass is 32.2. The van der Waals surface area contributed by atoms with E-state index < -0.39 is 10.9 Å². The highest BCUT2D eigenvalue weighted by molar-refractivity contribution is 7.69. The van der Waals surface area contributed by atoms with Crippen LogP contribution < -0.4 is 0 Å². The summed E-state index contributed by atoms with van der Waals surface area (Å²) >= 11 is 0. The molecule has 0 N–H and O–H groups in total. The first-order valence-electron chi connectivity index (χ1n) is 7.61. The lowest BCUT2D eigenvalue weighted by Gasteiger charge is -2.11. The van der Waals surface area contributed by atoms with Gasteiger partial charge in [0.15, 0.2) is 0 Å². The zero-order valence-corrected chi connectivity index (χ0v) is 13.1. The van der Waals surface area contributed by atoms with E-state index in [4.69, 9.17) is 0 Å². The van der Waals surface area contributed by atoms with E-state index in [1.165, 1.54) is 55.7 Å². The van der Waals surface area contributed by atoms with E-state index in [1.54, 1.807) is 0 Å². The molecule has 0 aliphatic rings. The van der Waals surface area contributed by atoms with Crippen LogP contribution >= 0.6 is 0 Å². The Hall–Kier alpha value is -0.0900. The molecule has 0 amide bonds. The molecule has 3 nitrogen and oxygen atoms in total. The van der Waals surface area contributed by atoms with Crippen LogP contribution in [-0.2, 0) is 10.9 Å². The molecule has 0 unspecified atom stereocenters. The zero-order valence-electron chi connectivity index (χ0n) is 12.2. The lowest BCUT2D eigenvalue weighted by atomic mass is 10.1. The van der Waals surface area contributed by atoms with E-state index in [9.17, 15) is 8.42 Å². The van der Waals surface area contributed by atoms with Gasteiger partial charge in [0.05, 0.1) is 0 Å². The molecule has 0 bridgehead atoms. The van der Waals surface area contributed by atoms with E-state index in [0.29, 0.717) is 13.1 Å². The van der Waals surface area contributed by atoms with Gasteiger partial charge >= 0.3 is 0 Å². The van der Waals surface area contributed by atoms with Crippen molar-refractivity contribution in [2.45, 2.75) is 78.1 Å². The molecule has 0 atom stereocenters. The summed E-state index contributed by atoms with van der Waals surface area (Å²) in [5, 5.41) is 0. The first kappa shape index (κ1) is 17.9. The average Bonchev–Trinajstić information content (AvgIpc) is 2.35. The third-order valence-corrected chi connectivity index (χ3v) is 4.31. The van der Waals surface area contributed by atoms with E-state index >= 15 is 0 Å². The summed E-state index contributed by atoms with van der Waals surface area (Å²) in [6.45, 7) is 5.44. The Kier molecular flexibility index (Phi) is 13.3. The summed E-state index contributed by atoms with van der Waals surface area (Å²) in [6.07, 6.45) is 12.9. The average molecular weight is 277 g/mol. The quantitative estimate of drug-likeness (QED) is 0.411. The summed E-state index contributed by atoms with van der Waals surface area (Å²) in [5.41, 5.74) is 0. The smallest absolute Gasteiger partial charge is 0.203 e. The monoisotopic (exact) mass is 277 g/mol. The van der Waals surface area contributed by atoms with Crippen molar-refractivity contribution < 1.29 is 8.42 Å². The van der Waals surface area contributed by atoms with Gasteiger partial charge in [-0.25, -0.2) is 12.7 Å². The minimum absolute atomic E-state index is 0.607. The molecule has 110 valence electrons. The summed E-state index contributed by atoms with van der Waals surface area (Å²) in [5.74, 6) is 0. The van der Waals surface area contributed by atoms with Crippen molar-refractivity contribution in [2.75, 3.05) is 13.1 Å². The maximum absolute atomic E-state index is 10.8. The molecule has 4 heteroatoms. The molecule has 0 radical (unpaired) electrons. The predicted octanol–water partition coefficient (Wildman–Crippen LogP) is 3.76. The number of hydrogen-bond acceptors (Lipinski definition) is 2. The Morgan fingerprint density at radius 3 is 1.56 bits per heavy atom. The molecule has 0 fully saturated rings. The maximum atomic E-state index is 10.8. The van der Waals surface area contributed by atoms with Crippen LogP contribution in [0.2, 0.25) is 0 Å². The summed E-state index contributed by atoms with van der Waals surface area (Å²) in [7, 11) is -2.37. The van der Waals surface area contributed by atoms with E-state index in [0.717, 1.165) is 12.8 Å². The largest absolute Gasteiger partial charge is 0.215 e. The lowest BCUT2D eigenvalue weighted by molar-refractivity contribution is 0.424. The molecule has 0 aromatic carbocycles. The fourth-order valence-electron chi connectivity index (χ4n) is 2.14. The van der Waals surface area contributed by atoms with Crippen molar-refractivity contribution in [1.29, 1.82) is 0 Å². The minimum Gasteiger partial charge on any atom is -0.215 e. The molecular weight excluding hydrogens is 246 g/mol. The molecule has 18 heavy (non-hydrogen) atoms. The highest BCUT2D eigenvalue weighted by Gasteiger charge is 2.02. The molecule has 0 aliphatic carbocycles. The standard InChI is InChI=1S/C14H31NO2S/c1-3-5-6-7-8-9-10-11-12-13-14-15(4-2)18(16)17/h18H,3-14H2,1-2H3. The van der Waals surface area contributed by atoms with Crippen LogP contribution in [0.3, 0.4) is 0 Å². The highest BCUT2D eigenvalue weighted by Crippen LogP contribution is 2.10. The SMILES string of the molecule is CCCCCCCCCCCCN(CC)[SH](=O)=O. The third kappa shape index (κ3) is 11.0. The van der Waals surface area contributed by atoms with Gasteiger partial charge in [-0.15, -0.1) is 0 Å². The summed E-state index contributed by atoms with van der Waals surface area (Å²) in [6, 6.07) is 0. The molecule has 0 saturated carbocycles. The Labute approximate surface area is 115 Å². The Morgan fingerprint density at radius 1 is 0.722 bits per heavy atom. The molecule has 0 saturated heterocycles. The van der Waals surface area contributed by atoms with Crippen molar-refractivity contribution >= 4 is 10.9 Å². The van der Waals surface area contributed by atoms with Gasteiger partial charge in [-0.2, -0.15) is 0 Å². The maximum Gasteiger partial charge on any atom is 0.203 e. The summed E-state index contributed by atoms with van der Waals surface area (Å²) in [4.78, 5) is 0. The van der Waals surface area contributed by atoms with Crippen molar-refractivity contribution in [3.05, 3.63) is 0 Å². The van der Waals surface area contributed by atoms with Gasteiger partial charge in [0.2, 0.25) is 10.9 Å². The lowest BCUT2D eigenvalue weighted by Crippen LogP contribution is -2.22. The van der Waals surface area contributed by atoms with Gasteiger partial charge in [0.1, 0.15) is 0 Å². The second-order valence-corrected chi connectivity index (χ2v) is 6.01. The predicted molar refractivity (Wildman–Crippen MR) is 79.4 cm³/mol. The van der Waals surface area contributed by atoms with Crippen LogP contribution in [0.5, 0.6) is 0 Å². The van der Waals surface area contributed by atoms with Gasteiger partial charge in [0, 0.05) is 13.1 Å². The fourth-order valence-corrected chi connectivity index (χ4v) is 2.67. The second kappa shape index (κ2) is 13.3. The molecule has 0 aromatic heterocycles. The Morgan fingerprint density at radius 2 is 1.17 bits per heavy atom. The van der Waals surface area contributed by atoms with Gasteiger partial charge in [-0.3, -0.25) is 0 Å². The molecule has 0 aromatic rings. The fraction of sp³-hybridized carbons (Fsp3) is 1.00. The molecule has 0 rings (SSSR count). The van der Waals surface area contributed by atoms with E-state index in [2.05, 4.69) is 6.92 Å². The van der Waals surface area contributed by atoms with Crippen LogP contribution in [0.25, 0.3) is 0 Å². The van der Waals surface area contributed by atoms with E-state index in [-0.39, 0.29) is 0 Å². The van der Waals surface area contributed by atoms with Crippen LogP contribution in [0.4, 0.5) is 0 Å². The van der Waals surface area contributed by atoms with E-state index in [1.807, 2.05) is 6.92 Å². The van der Waals surface area contributed by atoms with Gasteiger partial charge in [-0.1, -0.05) is 71.6 Å². The van der Waals surface area contributed by atoms with Gasteiger partial charge in [0.25, 0.3) is 0 Å². The van der Waals surface area contributed by atoms with Crippen LogP contribution in [0.15, 0.2) is 0 Å². The topological polar surface area (TPSA) is 37.4 Å². The molecule has 0 aliphatic heterocycles. The number of thiol groups is 1. The Balaban J connectivity index is 3.20. The molecule has 0 heterocycles. The van der Waals surface area contributed by atoms with Gasteiger partial charge < -0.3 is 0 Å². The number of nitrogens with zero attached hydrogens (tertiary/aromatic N) is 1. The normalized spacial score (nSPS) is 11.6. The van der Waals surface area contributed by atoms with Crippen LogP contribution in [-0.4, -0.2) is 25.8 Å². The zero-order chi connectivity index (χ0) is 13.6. The molecule has 0 spiro atoms. The number of rotatable bonds is 13. The number of unbranched alkanes of at least 4 members (excludes halogenated alkanes) is 9. The minimum atomic E-state index is -2.37. The summed E-state index contributed by atoms with van der Waals surface area (Å²) < 4.78 is 23.1. The van der Waals surface area contributed by atoms with Crippen LogP contribution in [0.1, 0.15) is 78.1 Å². The van der Waals surface area contributed by atoms with Crippen molar-refractivity contribution in [3.8, 4) is 0 Å². The second-order valence-electron chi connectivity index (χ2n) is 4.97. The van der Waals surface area contributed by atoms with Gasteiger partial charge in [-0.05, 0) is 6.42 Å². The molecular formula is C14H31NO2S. The Bertz CT molecular complexity index is 234. The van der Waals surface area contributed by atoms with Crippen molar-refractivity contribution in [1.82, 2.24) is 4.31 Å². The van der Waals surface area contributed by atoms with Crippen molar-refractivity contribution in [3.63, 3.8) is 0 Å².